The first-order valence-electron chi connectivity index (χ1n) is 6.88. The Bertz CT molecular complexity index is 681. The zero-order chi connectivity index (χ0) is 17.0. The van der Waals surface area contributed by atoms with Crippen LogP contribution >= 0.6 is 11.8 Å². The molecule has 0 aliphatic heterocycles. The highest BCUT2D eigenvalue weighted by atomic mass is 32.2. The second kappa shape index (κ2) is 7.08. The Labute approximate surface area is 136 Å². The van der Waals surface area contributed by atoms with Crippen molar-refractivity contribution in [3.05, 3.63) is 65.2 Å². The van der Waals surface area contributed by atoms with Gasteiger partial charge >= 0.3 is 12.1 Å². The molecule has 0 saturated heterocycles. The van der Waals surface area contributed by atoms with E-state index in [0.717, 1.165) is 34.4 Å². The molecule has 1 atom stereocenters. The zero-order valence-electron chi connectivity index (χ0n) is 12.3. The fraction of sp³-hybridized carbons (Fsp3) is 0.235. The van der Waals surface area contributed by atoms with Crippen LogP contribution in [0.25, 0.3) is 0 Å². The lowest BCUT2D eigenvalue weighted by Gasteiger charge is -2.14. The van der Waals surface area contributed by atoms with E-state index < -0.39 is 23.0 Å². The van der Waals surface area contributed by atoms with Gasteiger partial charge in [-0.2, -0.15) is 13.2 Å². The van der Waals surface area contributed by atoms with Crippen LogP contribution in [-0.4, -0.2) is 16.3 Å². The van der Waals surface area contributed by atoms with Gasteiger partial charge in [0.2, 0.25) is 0 Å². The molecular formula is C17H15F3O2S. The van der Waals surface area contributed by atoms with Gasteiger partial charge < -0.3 is 5.11 Å². The summed E-state index contributed by atoms with van der Waals surface area (Å²) in [6.07, 6.45) is -4.41. The summed E-state index contributed by atoms with van der Waals surface area (Å²) in [5.41, 5.74) is 0.644. The molecule has 0 spiro atoms. The molecule has 23 heavy (non-hydrogen) atoms. The van der Waals surface area contributed by atoms with Gasteiger partial charge in [0.1, 0.15) is 5.25 Å². The first-order valence-corrected chi connectivity index (χ1v) is 7.76. The summed E-state index contributed by atoms with van der Waals surface area (Å²) in [5.74, 6) is -1.05. The lowest BCUT2D eigenvalue weighted by Crippen LogP contribution is -2.19. The first kappa shape index (κ1) is 17.4. The van der Waals surface area contributed by atoms with Crippen LogP contribution in [-0.2, 0) is 17.4 Å². The van der Waals surface area contributed by atoms with Crippen molar-refractivity contribution in [3.8, 4) is 0 Å². The Kier molecular flexibility index (Phi) is 5.36. The van der Waals surface area contributed by atoms with E-state index in [1.165, 1.54) is 12.1 Å². The smallest absolute Gasteiger partial charge is 0.416 e. The number of benzene rings is 2. The van der Waals surface area contributed by atoms with Crippen LogP contribution in [0.2, 0.25) is 0 Å². The Morgan fingerprint density at radius 2 is 1.83 bits per heavy atom. The molecule has 122 valence electrons. The van der Waals surface area contributed by atoms with Gasteiger partial charge in [0.15, 0.2) is 0 Å². The minimum atomic E-state index is -4.43. The van der Waals surface area contributed by atoms with Gasteiger partial charge in [0, 0.05) is 4.90 Å². The van der Waals surface area contributed by atoms with Gasteiger partial charge in [-0.15, -0.1) is 11.8 Å². The highest BCUT2D eigenvalue weighted by Crippen LogP contribution is 2.31. The van der Waals surface area contributed by atoms with E-state index >= 15 is 0 Å². The van der Waals surface area contributed by atoms with Gasteiger partial charge in [-0.25, -0.2) is 0 Å². The minimum absolute atomic E-state index is 0.0256. The zero-order valence-corrected chi connectivity index (χ0v) is 13.1. The average Bonchev–Trinajstić information content (AvgIpc) is 2.48. The maximum atomic E-state index is 12.7. The number of alkyl halides is 3. The Hall–Kier alpha value is -1.95. The first-order chi connectivity index (χ1) is 10.8. The second-order valence-electron chi connectivity index (χ2n) is 5.16. The third kappa shape index (κ3) is 5.03. The highest BCUT2D eigenvalue weighted by molar-refractivity contribution is 8.00. The van der Waals surface area contributed by atoms with E-state index in [4.69, 9.17) is 0 Å². The lowest BCUT2D eigenvalue weighted by atomic mass is 10.1. The molecule has 0 aromatic heterocycles. The van der Waals surface area contributed by atoms with Crippen LogP contribution in [0.15, 0.2) is 53.4 Å². The van der Waals surface area contributed by atoms with E-state index in [9.17, 15) is 23.1 Å². The van der Waals surface area contributed by atoms with Gasteiger partial charge in [0.05, 0.1) is 5.56 Å². The van der Waals surface area contributed by atoms with E-state index in [-0.39, 0.29) is 6.42 Å². The van der Waals surface area contributed by atoms with Crippen molar-refractivity contribution in [2.45, 2.75) is 29.7 Å². The molecule has 6 heteroatoms. The molecular weight excluding hydrogens is 325 g/mol. The van der Waals surface area contributed by atoms with Crippen LogP contribution in [0.1, 0.15) is 16.7 Å². The van der Waals surface area contributed by atoms with Crippen LogP contribution in [0.5, 0.6) is 0 Å². The number of hydrogen-bond acceptors (Lipinski definition) is 2. The van der Waals surface area contributed by atoms with Crippen molar-refractivity contribution in [3.63, 3.8) is 0 Å². The maximum absolute atomic E-state index is 12.7. The lowest BCUT2D eigenvalue weighted by molar-refractivity contribution is -0.137. The molecule has 2 aromatic rings. The second-order valence-corrected chi connectivity index (χ2v) is 6.44. The van der Waals surface area contributed by atoms with Gasteiger partial charge in [0.25, 0.3) is 0 Å². The van der Waals surface area contributed by atoms with Gasteiger partial charge in [-0.1, -0.05) is 35.9 Å². The molecule has 0 radical (unpaired) electrons. The standard InChI is InChI=1S/C17H15F3O2S/c1-11-5-7-14(8-6-11)23-15(16(21)22)10-12-3-2-4-13(9-12)17(18,19)20/h2-9,15H,10H2,1H3,(H,21,22). The topological polar surface area (TPSA) is 37.3 Å². The van der Waals surface area contributed by atoms with Crippen molar-refractivity contribution in [2.75, 3.05) is 0 Å². The number of aliphatic carboxylic acids is 1. The summed E-state index contributed by atoms with van der Waals surface area (Å²) in [6.45, 7) is 1.92. The molecule has 2 nitrogen and oxygen atoms in total. The SMILES string of the molecule is Cc1ccc(SC(Cc2cccc(C(F)(F)F)c2)C(=O)O)cc1. The highest BCUT2D eigenvalue weighted by Gasteiger charge is 2.30. The molecule has 0 fully saturated rings. The molecule has 1 N–H and O–H groups in total. The molecule has 0 aliphatic carbocycles. The predicted octanol–water partition coefficient (Wildman–Crippen LogP) is 4.80. The van der Waals surface area contributed by atoms with Crippen LogP contribution in [0, 0.1) is 6.92 Å². The number of rotatable bonds is 5. The third-order valence-corrected chi connectivity index (χ3v) is 4.45. The van der Waals surface area contributed by atoms with Gasteiger partial charge in [-0.05, 0) is 37.1 Å². The summed E-state index contributed by atoms with van der Waals surface area (Å²) >= 11 is 1.13. The third-order valence-electron chi connectivity index (χ3n) is 3.25. The summed E-state index contributed by atoms with van der Waals surface area (Å²) in [7, 11) is 0. The average molecular weight is 340 g/mol. The van der Waals surface area contributed by atoms with E-state index in [0.29, 0.717) is 5.56 Å². The fourth-order valence-corrected chi connectivity index (χ4v) is 3.05. The normalized spacial score (nSPS) is 12.9. The molecule has 2 aromatic carbocycles. The predicted molar refractivity (Wildman–Crippen MR) is 83.6 cm³/mol. The molecule has 1 unspecified atom stereocenters. The molecule has 0 bridgehead atoms. The van der Waals surface area contributed by atoms with Gasteiger partial charge in [-0.3, -0.25) is 4.79 Å². The number of carboxylic acid groups (broad SMARTS) is 1. The van der Waals surface area contributed by atoms with Crippen molar-refractivity contribution in [1.29, 1.82) is 0 Å². The molecule has 0 saturated carbocycles. The van der Waals surface area contributed by atoms with Crippen molar-refractivity contribution >= 4 is 17.7 Å². The van der Waals surface area contributed by atoms with E-state index in [1.54, 1.807) is 0 Å². The summed E-state index contributed by atoms with van der Waals surface area (Å²) in [4.78, 5) is 12.2. The van der Waals surface area contributed by atoms with Crippen LogP contribution in [0.4, 0.5) is 13.2 Å². The van der Waals surface area contributed by atoms with Crippen molar-refractivity contribution < 1.29 is 23.1 Å². The minimum Gasteiger partial charge on any atom is -0.480 e. The number of hydrogen-bond donors (Lipinski definition) is 1. The van der Waals surface area contributed by atoms with E-state index in [2.05, 4.69) is 0 Å². The number of halogens is 3. The fourth-order valence-electron chi connectivity index (χ4n) is 2.05. The maximum Gasteiger partial charge on any atom is 0.416 e. The monoisotopic (exact) mass is 340 g/mol. The van der Waals surface area contributed by atoms with Crippen molar-refractivity contribution in [2.24, 2.45) is 0 Å². The van der Waals surface area contributed by atoms with Crippen molar-refractivity contribution in [1.82, 2.24) is 0 Å². The largest absolute Gasteiger partial charge is 0.480 e. The summed E-state index contributed by atoms with van der Waals surface area (Å²) in [6, 6.07) is 12.1. The Morgan fingerprint density at radius 3 is 2.39 bits per heavy atom. The Morgan fingerprint density at radius 1 is 1.17 bits per heavy atom. The van der Waals surface area contributed by atoms with Crippen LogP contribution in [0.3, 0.4) is 0 Å². The molecule has 2 rings (SSSR count). The summed E-state index contributed by atoms with van der Waals surface area (Å²) in [5, 5.41) is 8.49. The molecule has 0 amide bonds. The van der Waals surface area contributed by atoms with Crippen LogP contribution < -0.4 is 0 Å². The molecule has 0 aliphatic rings. The number of carbonyl (C=O) groups is 1. The Balaban J connectivity index is 2.16. The number of carboxylic acids is 1. The summed E-state index contributed by atoms with van der Waals surface area (Å²) < 4.78 is 38.2. The van der Waals surface area contributed by atoms with E-state index in [1.807, 2.05) is 31.2 Å². The molecule has 0 heterocycles. The number of thioether (sulfide) groups is 1. The quantitative estimate of drug-likeness (QED) is 0.794. The number of aryl methyl sites for hydroxylation is 1.